The van der Waals surface area contributed by atoms with Crippen LogP contribution in [0.4, 0.5) is 0 Å². The Labute approximate surface area is 92.1 Å². The summed E-state index contributed by atoms with van der Waals surface area (Å²) in [7, 11) is 0. The Morgan fingerprint density at radius 3 is 2.53 bits per heavy atom. The first kappa shape index (κ1) is 11.5. The number of nitrogens with zero attached hydrogens (tertiary/aromatic N) is 1. The molecule has 0 heterocycles. The van der Waals surface area contributed by atoms with Crippen molar-refractivity contribution in [1.82, 2.24) is 0 Å². The number of aryl methyl sites for hydroxylation is 1. The molecule has 1 aromatic carbocycles. The molecule has 0 radical (unpaired) electrons. The largest absolute Gasteiger partial charge is 0.193 e. The first-order valence-electron chi connectivity index (χ1n) is 5.25. The van der Waals surface area contributed by atoms with Gasteiger partial charge in [-0.2, -0.15) is 5.26 Å². The van der Waals surface area contributed by atoms with Crippen LogP contribution in [0.1, 0.15) is 25.8 Å². The van der Waals surface area contributed by atoms with Crippen molar-refractivity contribution in [3.8, 4) is 6.07 Å². The standard InChI is InChI=1S/C14H17N/c1-14(2,10-6-12-15)11-9-13-7-4-3-5-8-13/h3-8,10H,9,11H2,1-2H3/b10-6+. The quantitative estimate of drug-likeness (QED) is 0.678. The minimum Gasteiger partial charge on any atom is -0.193 e. The van der Waals surface area contributed by atoms with Gasteiger partial charge in [-0.05, 0) is 23.8 Å². The van der Waals surface area contributed by atoms with Gasteiger partial charge < -0.3 is 0 Å². The molecule has 0 aliphatic rings. The number of benzene rings is 1. The van der Waals surface area contributed by atoms with Crippen molar-refractivity contribution < 1.29 is 0 Å². The van der Waals surface area contributed by atoms with Gasteiger partial charge in [0.05, 0.1) is 6.07 Å². The highest BCUT2D eigenvalue weighted by molar-refractivity contribution is 5.16. The van der Waals surface area contributed by atoms with E-state index in [0.29, 0.717) is 0 Å². The van der Waals surface area contributed by atoms with Gasteiger partial charge in [-0.15, -0.1) is 0 Å². The zero-order valence-electron chi connectivity index (χ0n) is 9.40. The minimum atomic E-state index is 0.103. The second-order valence-corrected chi connectivity index (χ2v) is 4.44. The molecule has 0 N–H and O–H groups in total. The van der Waals surface area contributed by atoms with Gasteiger partial charge in [0.2, 0.25) is 0 Å². The summed E-state index contributed by atoms with van der Waals surface area (Å²) in [6.45, 7) is 4.31. The van der Waals surface area contributed by atoms with Crippen molar-refractivity contribution in [1.29, 1.82) is 5.26 Å². The van der Waals surface area contributed by atoms with Crippen LogP contribution in [-0.4, -0.2) is 0 Å². The molecule has 1 nitrogen and oxygen atoms in total. The molecule has 0 unspecified atom stereocenters. The summed E-state index contributed by atoms with van der Waals surface area (Å²) in [5.74, 6) is 0. The third kappa shape index (κ3) is 4.46. The highest BCUT2D eigenvalue weighted by Gasteiger charge is 2.13. The molecule has 0 atom stereocenters. The molecule has 0 aromatic heterocycles. The van der Waals surface area contributed by atoms with Crippen molar-refractivity contribution in [3.63, 3.8) is 0 Å². The van der Waals surface area contributed by atoms with Crippen molar-refractivity contribution in [2.24, 2.45) is 5.41 Å². The molecule has 0 aliphatic heterocycles. The second-order valence-electron chi connectivity index (χ2n) is 4.44. The van der Waals surface area contributed by atoms with Crippen LogP contribution in [0.3, 0.4) is 0 Å². The van der Waals surface area contributed by atoms with Gasteiger partial charge >= 0.3 is 0 Å². The van der Waals surface area contributed by atoms with E-state index < -0.39 is 0 Å². The number of allylic oxidation sites excluding steroid dienone is 2. The summed E-state index contributed by atoms with van der Waals surface area (Å²) in [6.07, 6.45) is 5.68. The SMILES string of the molecule is CC(C)(/C=C/C#N)CCc1ccccc1. The average Bonchev–Trinajstić information content (AvgIpc) is 2.25. The molecule has 0 amide bonds. The second kappa shape index (κ2) is 5.36. The summed E-state index contributed by atoms with van der Waals surface area (Å²) >= 11 is 0. The molecule has 0 saturated carbocycles. The van der Waals surface area contributed by atoms with Crippen LogP contribution in [0.15, 0.2) is 42.5 Å². The lowest BCUT2D eigenvalue weighted by atomic mass is 9.86. The van der Waals surface area contributed by atoms with Crippen LogP contribution in [0.25, 0.3) is 0 Å². The van der Waals surface area contributed by atoms with Crippen molar-refractivity contribution in [2.75, 3.05) is 0 Å². The van der Waals surface area contributed by atoms with E-state index in [1.54, 1.807) is 6.08 Å². The van der Waals surface area contributed by atoms with E-state index in [9.17, 15) is 0 Å². The molecule has 1 heteroatoms. The van der Waals surface area contributed by atoms with Crippen LogP contribution >= 0.6 is 0 Å². The van der Waals surface area contributed by atoms with Gasteiger partial charge in [-0.25, -0.2) is 0 Å². The molecule has 0 bridgehead atoms. The van der Waals surface area contributed by atoms with Gasteiger partial charge in [-0.1, -0.05) is 50.3 Å². The average molecular weight is 199 g/mol. The molecule has 0 fully saturated rings. The minimum absolute atomic E-state index is 0.103. The maximum Gasteiger partial charge on any atom is 0.0908 e. The topological polar surface area (TPSA) is 23.8 Å². The van der Waals surface area contributed by atoms with Gasteiger partial charge in [-0.3, -0.25) is 0 Å². The molecule has 78 valence electrons. The number of rotatable bonds is 4. The van der Waals surface area contributed by atoms with E-state index >= 15 is 0 Å². The van der Waals surface area contributed by atoms with Crippen LogP contribution in [0.5, 0.6) is 0 Å². The Morgan fingerprint density at radius 1 is 1.27 bits per heavy atom. The maximum absolute atomic E-state index is 8.48. The fourth-order valence-electron chi connectivity index (χ4n) is 1.46. The summed E-state index contributed by atoms with van der Waals surface area (Å²) in [6, 6.07) is 12.5. The fraction of sp³-hybridized carbons (Fsp3) is 0.357. The van der Waals surface area contributed by atoms with E-state index in [1.807, 2.05) is 18.2 Å². The van der Waals surface area contributed by atoms with Gasteiger partial charge in [0, 0.05) is 6.08 Å². The Hall–Kier alpha value is -1.55. The highest BCUT2D eigenvalue weighted by atomic mass is 14.2. The van der Waals surface area contributed by atoms with Gasteiger partial charge in [0.15, 0.2) is 0 Å². The Bertz CT molecular complexity index is 355. The molecule has 0 spiro atoms. The maximum atomic E-state index is 8.48. The smallest absolute Gasteiger partial charge is 0.0908 e. The Kier molecular flexibility index (Phi) is 4.12. The Morgan fingerprint density at radius 2 is 1.93 bits per heavy atom. The zero-order valence-corrected chi connectivity index (χ0v) is 9.40. The predicted octanol–water partition coefficient (Wildman–Crippen LogP) is 3.73. The number of hydrogen-bond acceptors (Lipinski definition) is 1. The molecule has 15 heavy (non-hydrogen) atoms. The van der Waals surface area contributed by atoms with E-state index in [2.05, 4.69) is 38.1 Å². The first-order chi connectivity index (χ1) is 7.14. The fourth-order valence-corrected chi connectivity index (χ4v) is 1.46. The predicted molar refractivity (Wildman–Crippen MR) is 63.3 cm³/mol. The Balaban J connectivity index is 2.50. The van der Waals surface area contributed by atoms with Gasteiger partial charge in [0.1, 0.15) is 0 Å². The molecule has 0 saturated heterocycles. The van der Waals surface area contributed by atoms with Crippen molar-refractivity contribution in [3.05, 3.63) is 48.0 Å². The molecule has 1 aromatic rings. The molecular weight excluding hydrogens is 182 g/mol. The number of hydrogen-bond donors (Lipinski definition) is 0. The molecule has 1 rings (SSSR count). The van der Waals surface area contributed by atoms with E-state index in [-0.39, 0.29) is 5.41 Å². The zero-order chi connectivity index (χ0) is 11.1. The summed E-state index contributed by atoms with van der Waals surface area (Å²) in [4.78, 5) is 0. The summed E-state index contributed by atoms with van der Waals surface area (Å²) in [5.41, 5.74) is 1.46. The van der Waals surface area contributed by atoms with E-state index in [1.165, 1.54) is 5.56 Å². The van der Waals surface area contributed by atoms with Crippen LogP contribution in [0.2, 0.25) is 0 Å². The van der Waals surface area contributed by atoms with Crippen LogP contribution in [0, 0.1) is 16.7 Å². The normalized spacial score (nSPS) is 11.5. The molecule has 0 aliphatic carbocycles. The van der Waals surface area contributed by atoms with E-state index in [0.717, 1.165) is 12.8 Å². The van der Waals surface area contributed by atoms with Crippen molar-refractivity contribution in [2.45, 2.75) is 26.7 Å². The number of nitriles is 1. The third-order valence-corrected chi connectivity index (χ3v) is 2.51. The highest BCUT2D eigenvalue weighted by Crippen LogP contribution is 2.24. The first-order valence-corrected chi connectivity index (χ1v) is 5.25. The van der Waals surface area contributed by atoms with Crippen LogP contribution < -0.4 is 0 Å². The lowest BCUT2D eigenvalue weighted by Crippen LogP contribution is -2.08. The molecular formula is C14H17N. The third-order valence-electron chi connectivity index (χ3n) is 2.51. The summed E-state index contributed by atoms with van der Waals surface area (Å²) in [5, 5.41) is 8.48. The van der Waals surface area contributed by atoms with Crippen LogP contribution in [-0.2, 0) is 6.42 Å². The lowest BCUT2D eigenvalue weighted by Gasteiger charge is -2.19. The summed E-state index contributed by atoms with van der Waals surface area (Å²) < 4.78 is 0. The van der Waals surface area contributed by atoms with Gasteiger partial charge in [0.25, 0.3) is 0 Å². The lowest BCUT2D eigenvalue weighted by molar-refractivity contribution is 0.438. The monoisotopic (exact) mass is 199 g/mol. The van der Waals surface area contributed by atoms with Crippen molar-refractivity contribution >= 4 is 0 Å². The van der Waals surface area contributed by atoms with E-state index in [4.69, 9.17) is 5.26 Å².